The largest absolute Gasteiger partial charge is 0.466 e. The fourth-order valence-corrected chi connectivity index (χ4v) is 1.91. The molecule has 0 atom stereocenters. The van der Waals surface area contributed by atoms with Crippen LogP contribution in [0.1, 0.15) is 0 Å². The number of carbonyl (C=O) groups excluding carboxylic acids is 2. The van der Waals surface area contributed by atoms with Gasteiger partial charge in [0, 0.05) is 11.0 Å². The van der Waals surface area contributed by atoms with Crippen molar-refractivity contribution >= 4 is 35.1 Å². The van der Waals surface area contributed by atoms with Gasteiger partial charge in [-0.1, -0.05) is 0 Å². The summed E-state index contributed by atoms with van der Waals surface area (Å²) in [4.78, 5) is 34.1. The number of hydrogen-bond donors (Lipinski definition) is 1. The van der Waals surface area contributed by atoms with Gasteiger partial charge in [0.1, 0.15) is 11.4 Å². The number of nitrogens with zero attached hydrogens (tertiary/aromatic N) is 1. The number of ether oxygens (including phenoxy) is 2. The second kappa shape index (κ2) is 8.03. The molecule has 0 bridgehead atoms. The Balaban J connectivity index is 3.23. The van der Waals surface area contributed by atoms with Gasteiger partial charge in [-0.25, -0.2) is 9.59 Å². The smallest absolute Gasteiger partial charge is 0.354 e. The molecule has 0 aliphatic rings. The molecule has 0 fully saturated rings. The van der Waals surface area contributed by atoms with E-state index in [1.54, 1.807) is 12.3 Å². The van der Waals surface area contributed by atoms with E-state index in [0.29, 0.717) is 4.90 Å². The van der Waals surface area contributed by atoms with Gasteiger partial charge < -0.3 is 14.8 Å². The van der Waals surface area contributed by atoms with Crippen molar-refractivity contribution in [3.8, 4) is 0 Å². The first-order valence-corrected chi connectivity index (χ1v) is 7.12. The first-order valence-electron chi connectivity index (χ1n) is 5.90. The van der Waals surface area contributed by atoms with Crippen LogP contribution in [-0.4, -0.2) is 37.3 Å². The van der Waals surface area contributed by atoms with Crippen molar-refractivity contribution in [3.05, 3.63) is 40.1 Å². The first kappa shape index (κ1) is 17.5. The highest BCUT2D eigenvalue weighted by Gasteiger charge is 2.19. The van der Waals surface area contributed by atoms with Gasteiger partial charge in [0.05, 0.1) is 25.2 Å². The minimum atomic E-state index is -0.853. The average molecular weight is 326 g/mol. The molecule has 22 heavy (non-hydrogen) atoms. The molecule has 0 aliphatic heterocycles. The van der Waals surface area contributed by atoms with Gasteiger partial charge in [-0.3, -0.25) is 10.1 Å². The molecule has 0 unspecified atom stereocenters. The van der Waals surface area contributed by atoms with Crippen molar-refractivity contribution in [2.75, 3.05) is 25.8 Å². The van der Waals surface area contributed by atoms with Crippen LogP contribution in [0.2, 0.25) is 0 Å². The molecule has 0 saturated carbocycles. The van der Waals surface area contributed by atoms with E-state index in [0.717, 1.165) is 20.3 Å². The molecule has 0 aliphatic carbocycles. The van der Waals surface area contributed by atoms with E-state index in [4.69, 9.17) is 0 Å². The van der Waals surface area contributed by atoms with E-state index in [2.05, 4.69) is 14.8 Å². The van der Waals surface area contributed by atoms with Gasteiger partial charge in [0.25, 0.3) is 5.69 Å². The lowest BCUT2D eigenvalue weighted by atomic mass is 10.2. The molecule has 118 valence electrons. The summed E-state index contributed by atoms with van der Waals surface area (Å²) in [5, 5.41) is 13.6. The lowest BCUT2D eigenvalue weighted by Gasteiger charge is -2.10. The molecule has 0 spiro atoms. The molecule has 0 radical (unpaired) electrons. The van der Waals surface area contributed by atoms with Gasteiger partial charge in [-0.05, 0) is 18.4 Å². The summed E-state index contributed by atoms with van der Waals surface area (Å²) in [6, 6.07) is 4.45. The number of carbonyl (C=O) groups is 2. The Morgan fingerprint density at radius 3 is 2.50 bits per heavy atom. The summed E-state index contributed by atoms with van der Waals surface area (Å²) in [7, 11) is 2.27. The molecule has 0 amide bonds. The quantitative estimate of drug-likeness (QED) is 0.278. The third kappa shape index (κ3) is 4.48. The number of thioether (sulfide) groups is 1. The van der Waals surface area contributed by atoms with E-state index in [1.807, 2.05) is 0 Å². The predicted molar refractivity (Wildman–Crippen MR) is 80.6 cm³/mol. The van der Waals surface area contributed by atoms with Crippen LogP contribution in [0, 0.1) is 10.1 Å². The number of nitro groups is 1. The van der Waals surface area contributed by atoms with Crippen molar-refractivity contribution < 1.29 is 24.0 Å². The molecular weight excluding hydrogens is 312 g/mol. The average Bonchev–Trinajstić information content (AvgIpc) is 2.53. The lowest BCUT2D eigenvalue weighted by molar-refractivity contribution is -0.384. The number of hydrogen-bond acceptors (Lipinski definition) is 8. The summed E-state index contributed by atoms with van der Waals surface area (Å²) >= 11 is 1.34. The van der Waals surface area contributed by atoms with Crippen LogP contribution in [0.4, 0.5) is 11.4 Å². The molecule has 1 N–H and O–H groups in total. The molecule has 0 heterocycles. The number of esters is 2. The SMILES string of the molecule is COC(=O)/C=C(/Nc1ccc(SC)cc1[N+](=O)[O-])C(=O)OC. The predicted octanol–water partition coefficient (Wildman–Crippen LogP) is 1.96. The third-order valence-electron chi connectivity index (χ3n) is 2.54. The molecule has 0 saturated heterocycles. The van der Waals surface area contributed by atoms with E-state index in [1.165, 1.54) is 23.9 Å². The van der Waals surface area contributed by atoms with E-state index in [-0.39, 0.29) is 17.1 Å². The fourth-order valence-electron chi connectivity index (χ4n) is 1.47. The minimum Gasteiger partial charge on any atom is -0.466 e. The van der Waals surface area contributed by atoms with Crippen molar-refractivity contribution in [3.63, 3.8) is 0 Å². The molecule has 0 aromatic heterocycles. The monoisotopic (exact) mass is 326 g/mol. The topological polar surface area (TPSA) is 108 Å². The zero-order valence-corrected chi connectivity index (χ0v) is 12.9. The molecular formula is C13H14N2O6S. The minimum absolute atomic E-state index is 0.0587. The summed E-state index contributed by atoms with van der Waals surface area (Å²) in [5.41, 5.74) is -0.441. The highest BCUT2D eigenvalue weighted by molar-refractivity contribution is 7.98. The number of anilines is 1. The Kier molecular flexibility index (Phi) is 6.39. The highest BCUT2D eigenvalue weighted by atomic mass is 32.2. The van der Waals surface area contributed by atoms with E-state index >= 15 is 0 Å². The summed E-state index contributed by atoms with van der Waals surface area (Å²) < 4.78 is 8.95. The Labute approximate surface area is 130 Å². The highest BCUT2D eigenvalue weighted by Crippen LogP contribution is 2.30. The van der Waals surface area contributed by atoms with Crippen molar-refractivity contribution in [1.82, 2.24) is 0 Å². The normalized spacial score (nSPS) is 10.8. The maximum atomic E-state index is 11.6. The van der Waals surface area contributed by atoms with Crippen LogP contribution in [-0.2, 0) is 19.1 Å². The van der Waals surface area contributed by atoms with Gasteiger partial charge in [0.2, 0.25) is 0 Å². The van der Waals surface area contributed by atoms with Crippen LogP contribution >= 0.6 is 11.8 Å². The van der Waals surface area contributed by atoms with Crippen LogP contribution in [0.5, 0.6) is 0 Å². The number of nitrogens with one attached hydrogen (secondary N) is 1. The van der Waals surface area contributed by atoms with Gasteiger partial charge in [-0.15, -0.1) is 11.8 Å². The molecule has 8 nitrogen and oxygen atoms in total. The Hall–Kier alpha value is -2.55. The lowest BCUT2D eigenvalue weighted by Crippen LogP contribution is -2.16. The van der Waals surface area contributed by atoms with Gasteiger partial charge in [-0.2, -0.15) is 0 Å². The van der Waals surface area contributed by atoms with Crippen LogP contribution in [0.25, 0.3) is 0 Å². The maximum absolute atomic E-state index is 11.6. The zero-order chi connectivity index (χ0) is 16.7. The van der Waals surface area contributed by atoms with Crippen LogP contribution in [0.15, 0.2) is 34.9 Å². The molecule has 1 aromatic rings. The van der Waals surface area contributed by atoms with E-state index < -0.39 is 16.9 Å². The summed E-state index contributed by atoms with van der Waals surface area (Å²) in [5.74, 6) is -1.65. The Morgan fingerprint density at radius 1 is 1.32 bits per heavy atom. The first-order chi connectivity index (χ1) is 10.4. The van der Waals surface area contributed by atoms with Gasteiger partial charge in [0.15, 0.2) is 0 Å². The van der Waals surface area contributed by atoms with Crippen molar-refractivity contribution in [2.45, 2.75) is 4.90 Å². The number of nitro benzene ring substituents is 1. The van der Waals surface area contributed by atoms with Crippen LogP contribution < -0.4 is 5.32 Å². The standard InChI is InChI=1S/C13H14N2O6S/c1-20-12(16)7-10(13(17)21-2)14-9-5-4-8(22-3)6-11(9)15(18)19/h4-7,14H,1-3H3/b10-7+. The Morgan fingerprint density at radius 2 is 2.00 bits per heavy atom. The molecule has 1 aromatic carbocycles. The van der Waals surface area contributed by atoms with Gasteiger partial charge >= 0.3 is 11.9 Å². The fraction of sp³-hybridized carbons (Fsp3) is 0.231. The van der Waals surface area contributed by atoms with Crippen LogP contribution in [0.3, 0.4) is 0 Å². The second-order valence-electron chi connectivity index (χ2n) is 3.84. The number of methoxy groups -OCH3 is 2. The van der Waals surface area contributed by atoms with E-state index in [9.17, 15) is 19.7 Å². The van der Waals surface area contributed by atoms with Crippen molar-refractivity contribution in [1.29, 1.82) is 0 Å². The number of rotatable bonds is 6. The number of benzene rings is 1. The molecule has 9 heteroatoms. The molecule has 1 rings (SSSR count). The second-order valence-corrected chi connectivity index (χ2v) is 4.72. The third-order valence-corrected chi connectivity index (χ3v) is 3.26. The zero-order valence-electron chi connectivity index (χ0n) is 12.1. The Bertz CT molecular complexity index is 629. The maximum Gasteiger partial charge on any atom is 0.354 e. The van der Waals surface area contributed by atoms with Crippen molar-refractivity contribution in [2.24, 2.45) is 0 Å². The summed E-state index contributed by atoms with van der Waals surface area (Å²) in [6.45, 7) is 0. The summed E-state index contributed by atoms with van der Waals surface area (Å²) in [6.07, 6.45) is 2.64.